The molecular weight excluding hydrogens is 272 g/mol. The normalized spacial score (nSPS) is 26.4. The Kier molecular flexibility index (Phi) is 2.62. The Balaban J connectivity index is 1.73. The minimum absolute atomic E-state index is 0.178. The molecule has 1 saturated heterocycles. The molecule has 1 saturated carbocycles. The molecular formula is C15H16N2O2S. The van der Waals surface area contributed by atoms with Crippen LogP contribution in [0, 0.1) is 11.8 Å². The Hall–Kier alpha value is -1.46. The number of rotatable bonds is 2. The summed E-state index contributed by atoms with van der Waals surface area (Å²) >= 11 is 0. The molecule has 104 valence electrons. The third-order valence-corrected chi connectivity index (χ3v) is 6.36. The van der Waals surface area contributed by atoms with E-state index in [1.165, 1.54) is 12.8 Å². The van der Waals surface area contributed by atoms with Crippen molar-refractivity contribution in [2.75, 3.05) is 13.1 Å². The Morgan fingerprint density at radius 3 is 2.40 bits per heavy atom. The molecule has 4 nitrogen and oxygen atoms in total. The number of sulfonamides is 1. The topological polar surface area (TPSA) is 50.3 Å². The van der Waals surface area contributed by atoms with Gasteiger partial charge in [-0.05, 0) is 42.9 Å². The van der Waals surface area contributed by atoms with E-state index >= 15 is 0 Å². The zero-order valence-electron chi connectivity index (χ0n) is 11.1. The molecule has 2 fully saturated rings. The van der Waals surface area contributed by atoms with E-state index in [9.17, 15) is 8.42 Å². The zero-order valence-corrected chi connectivity index (χ0v) is 11.9. The number of pyridine rings is 1. The molecule has 5 heteroatoms. The SMILES string of the molecule is O=S(=O)(c1ccc2ccccc2n1)N1C[C@H]2CC[C@H]2C1. The third kappa shape index (κ3) is 1.77. The Morgan fingerprint density at radius 1 is 1.00 bits per heavy atom. The zero-order chi connectivity index (χ0) is 13.7. The van der Waals surface area contributed by atoms with Gasteiger partial charge in [-0.25, -0.2) is 13.4 Å². The average molecular weight is 288 g/mol. The van der Waals surface area contributed by atoms with Crippen LogP contribution in [-0.4, -0.2) is 30.8 Å². The first-order valence-corrected chi connectivity index (χ1v) is 8.44. The molecule has 0 radical (unpaired) electrons. The molecule has 0 unspecified atom stereocenters. The predicted octanol–water partition coefficient (Wildman–Crippen LogP) is 2.27. The second-order valence-electron chi connectivity index (χ2n) is 5.76. The lowest BCUT2D eigenvalue weighted by Crippen LogP contribution is -2.29. The smallest absolute Gasteiger partial charge is 0.235 e. The molecule has 1 aliphatic heterocycles. The number of nitrogens with zero attached hydrogens (tertiary/aromatic N) is 2. The fraction of sp³-hybridized carbons (Fsp3) is 0.400. The minimum atomic E-state index is -3.43. The quantitative estimate of drug-likeness (QED) is 0.851. The average Bonchev–Trinajstić information content (AvgIpc) is 2.74. The van der Waals surface area contributed by atoms with Crippen LogP contribution >= 0.6 is 0 Å². The number of aromatic nitrogens is 1. The van der Waals surface area contributed by atoms with Crippen molar-refractivity contribution in [1.82, 2.24) is 9.29 Å². The van der Waals surface area contributed by atoms with Crippen LogP contribution in [0.1, 0.15) is 12.8 Å². The molecule has 1 aliphatic carbocycles. The van der Waals surface area contributed by atoms with Gasteiger partial charge in [0.05, 0.1) is 5.52 Å². The van der Waals surface area contributed by atoms with Gasteiger partial charge in [-0.2, -0.15) is 4.31 Å². The highest BCUT2D eigenvalue weighted by atomic mass is 32.2. The van der Waals surface area contributed by atoms with E-state index in [0.717, 1.165) is 10.9 Å². The van der Waals surface area contributed by atoms with Crippen LogP contribution in [-0.2, 0) is 10.0 Å². The second-order valence-corrected chi connectivity index (χ2v) is 7.65. The van der Waals surface area contributed by atoms with E-state index in [1.807, 2.05) is 30.3 Å². The molecule has 1 aromatic carbocycles. The van der Waals surface area contributed by atoms with Crippen molar-refractivity contribution in [3.8, 4) is 0 Å². The van der Waals surface area contributed by atoms with Gasteiger partial charge in [-0.15, -0.1) is 0 Å². The monoisotopic (exact) mass is 288 g/mol. The molecule has 0 bridgehead atoms. The summed E-state index contributed by atoms with van der Waals surface area (Å²) in [6, 6.07) is 11.0. The summed E-state index contributed by atoms with van der Waals surface area (Å²) in [4.78, 5) is 4.33. The summed E-state index contributed by atoms with van der Waals surface area (Å²) < 4.78 is 26.9. The van der Waals surface area contributed by atoms with E-state index in [4.69, 9.17) is 0 Å². The van der Waals surface area contributed by atoms with Crippen molar-refractivity contribution in [2.24, 2.45) is 11.8 Å². The van der Waals surface area contributed by atoms with E-state index in [1.54, 1.807) is 10.4 Å². The molecule has 1 aromatic heterocycles. The number of hydrogen-bond donors (Lipinski definition) is 0. The molecule has 4 rings (SSSR count). The first-order chi connectivity index (χ1) is 9.64. The van der Waals surface area contributed by atoms with Crippen molar-refractivity contribution in [3.63, 3.8) is 0 Å². The van der Waals surface area contributed by atoms with Gasteiger partial charge >= 0.3 is 0 Å². The van der Waals surface area contributed by atoms with Crippen LogP contribution in [0.3, 0.4) is 0 Å². The summed E-state index contributed by atoms with van der Waals surface area (Å²) in [7, 11) is -3.43. The maximum absolute atomic E-state index is 12.7. The van der Waals surface area contributed by atoms with E-state index in [-0.39, 0.29) is 5.03 Å². The predicted molar refractivity (Wildman–Crippen MR) is 76.7 cm³/mol. The summed E-state index contributed by atoms with van der Waals surface area (Å²) in [6.45, 7) is 1.34. The van der Waals surface area contributed by atoms with Crippen LogP contribution in [0.25, 0.3) is 10.9 Å². The molecule has 0 amide bonds. The summed E-state index contributed by atoms with van der Waals surface area (Å²) in [5.74, 6) is 1.15. The van der Waals surface area contributed by atoms with Gasteiger partial charge < -0.3 is 0 Å². The van der Waals surface area contributed by atoms with E-state index < -0.39 is 10.0 Å². The first-order valence-electron chi connectivity index (χ1n) is 7.00. The fourth-order valence-electron chi connectivity index (χ4n) is 3.24. The fourth-order valence-corrected chi connectivity index (χ4v) is 4.73. The lowest BCUT2D eigenvalue weighted by atomic mass is 9.77. The second kappa shape index (κ2) is 4.27. The van der Waals surface area contributed by atoms with Crippen LogP contribution in [0.5, 0.6) is 0 Å². The lowest BCUT2D eigenvalue weighted by Gasteiger charge is -2.27. The third-order valence-electron chi connectivity index (χ3n) is 4.63. The Bertz CT molecular complexity index is 760. The van der Waals surface area contributed by atoms with Crippen LogP contribution in [0.4, 0.5) is 0 Å². The van der Waals surface area contributed by atoms with Gasteiger partial charge in [0.25, 0.3) is 10.0 Å². The van der Waals surface area contributed by atoms with Gasteiger partial charge in [0.15, 0.2) is 5.03 Å². The molecule has 2 aromatic rings. The van der Waals surface area contributed by atoms with Gasteiger partial charge in [-0.1, -0.05) is 18.2 Å². The molecule has 2 aliphatic rings. The van der Waals surface area contributed by atoms with Crippen molar-refractivity contribution < 1.29 is 8.42 Å². The number of fused-ring (bicyclic) bond motifs is 2. The van der Waals surface area contributed by atoms with Gasteiger partial charge in [0.1, 0.15) is 0 Å². The number of hydrogen-bond acceptors (Lipinski definition) is 3. The largest absolute Gasteiger partial charge is 0.260 e. The van der Waals surface area contributed by atoms with Crippen molar-refractivity contribution >= 4 is 20.9 Å². The number of para-hydroxylation sites is 1. The first kappa shape index (κ1) is 12.3. The molecule has 0 N–H and O–H groups in total. The van der Waals surface area contributed by atoms with E-state index in [2.05, 4.69) is 4.98 Å². The highest BCUT2D eigenvalue weighted by Gasteiger charge is 2.44. The summed E-state index contributed by atoms with van der Waals surface area (Å²) in [5.41, 5.74) is 0.732. The molecule has 20 heavy (non-hydrogen) atoms. The minimum Gasteiger partial charge on any atom is -0.235 e. The highest BCUT2D eigenvalue weighted by Crippen LogP contribution is 2.42. The molecule has 2 atom stereocenters. The maximum Gasteiger partial charge on any atom is 0.260 e. The maximum atomic E-state index is 12.7. The van der Waals surface area contributed by atoms with Crippen LogP contribution < -0.4 is 0 Å². The van der Waals surface area contributed by atoms with Crippen LogP contribution in [0.15, 0.2) is 41.4 Å². The van der Waals surface area contributed by atoms with Crippen molar-refractivity contribution in [2.45, 2.75) is 17.9 Å². The summed E-state index contributed by atoms with van der Waals surface area (Å²) in [5, 5.41) is 1.14. The van der Waals surface area contributed by atoms with Gasteiger partial charge in [0.2, 0.25) is 0 Å². The standard InChI is InChI=1S/C15H16N2O2S/c18-20(19,17-9-12-5-6-13(12)10-17)15-8-7-11-3-1-2-4-14(11)16-15/h1-4,7-8,12-13H,5-6,9-10H2/t12-,13+. The van der Waals surface area contributed by atoms with Crippen molar-refractivity contribution in [1.29, 1.82) is 0 Å². The van der Waals surface area contributed by atoms with Gasteiger partial charge in [0, 0.05) is 18.5 Å². The van der Waals surface area contributed by atoms with Crippen molar-refractivity contribution in [3.05, 3.63) is 36.4 Å². The Morgan fingerprint density at radius 2 is 1.70 bits per heavy atom. The molecule has 0 spiro atoms. The molecule has 2 heterocycles. The van der Waals surface area contributed by atoms with E-state index in [0.29, 0.717) is 24.9 Å². The summed E-state index contributed by atoms with van der Waals surface area (Å²) in [6.07, 6.45) is 2.34. The van der Waals surface area contributed by atoms with Gasteiger partial charge in [-0.3, -0.25) is 0 Å². The number of benzene rings is 1. The van der Waals surface area contributed by atoms with Crippen LogP contribution in [0.2, 0.25) is 0 Å². The highest BCUT2D eigenvalue weighted by molar-refractivity contribution is 7.89. The Labute approximate surface area is 118 Å². The lowest BCUT2D eigenvalue weighted by molar-refractivity contribution is 0.243.